The third-order valence-electron chi connectivity index (χ3n) is 3.02. The number of ether oxygens (including phenoxy) is 2. The van der Waals surface area contributed by atoms with Crippen molar-refractivity contribution in [3.8, 4) is 5.75 Å². The normalized spacial score (nSPS) is 11.3. The van der Waals surface area contributed by atoms with E-state index in [0.29, 0.717) is 13.2 Å². The van der Waals surface area contributed by atoms with Crippen LogP contribution in [0.2, 0.25) is 0 Å². The summed E-state index contributed by atoms with van der Waals surface area (Å²) < 4.78 is 10.7. The van der Waals surface area contributed by atoms with Crippen LogP contribution >= 0.6 is 11.8 Å². The Hall–Kier alpha value is -1.40. The highest BCUT2D eigenvalue weighted by atomic mass is 32.2. The van der Waals surface area contributed by atoms with E-state index in [1.807, 2.05) is 30.0 Å². The van der Waals surface area contributed by atoms with Crippen LogP contribution in [-0.2, 0) is 11.3 Å². The van der Waals surface area contributed by atoms with Gasteiger partial charge in [-0.2, -0.15) is 11.8 Å². The molecule has 0 aromatic heterocycles. The molecule has 0 aliphatic carbocycles. The highest BCUT2D eigenvalue weighted by Gasteiger charge is 1.99. The number of guanidine groups is 1. The van der Waals surface area contributed by atoms with Crippen LogP contribution in [0, 0.1) is 0 Å². The second kappa shape index (κ2) is 13.1. The first-order valence-electron chi connectivity index (χ1n) is 8.02. The highest BCUT2D eigenvalue weighted by molar-refractivity contribution is 7.98. The average Bonchev–Trinajstić information content (AvgIpc) is 2.57. The lowest BCUT2D eigenvalue weighted by Crippen LogP contribution is -2.38. The smallest absolute Gasteiger partial charge is 0.191 e. The monoisotopic (exact) mass is 339 g/mol. The third kappa shape index (κ3) is 9.36. The molecule has 23 heavy (non-hydrogen) atoms. The first-order valence-corrected chi connectivity index (χ1v) is 9.41. The molecular weight excluding hydrogens is 310 g/mol. The number of thioether (sulfide) groups is 1. The molecule has 0 heterocycles. The van der Waals surface area contributed by atoms with Crippen LogP contribution in [0.1, 0.15) is 18.9 Å². The summed E-state index contributed by atoms with van der Waals surface area (Å²) in [5.41, 5.74) is 1.14. The van der Waals surface area contributed by atoms with E-state index in [1.165, 1.54) is 0 Å². The van der Waals surface area contributed by atoms with E-state index in [0.717, 1.165) is 49.1 Å². The van der Waals surface area contributed by atoms with Crippen molar-refractivity contribution in [3.63, 3.8) is 0 Å². The predicted molar refractivity (Wildman–Crippen MR) is 99.6 cm³/mol. The van der Waals surface area contributed by atoms with Gasteiger partial charge in [0.1, 0.15) is 5.75 Å². The lowest BCUT2D eigenvalue weighted by Gasteiger charge is -2.11. The zero-order valence-corrected chi connectivity index (χ0v) is 15.2. The Morgan fingerprint density at radius 3 is 2.87 bits per heavy atom. The van der Waals surface area contributed by atoms with E-state index >= 15 is 0 Å². The Morgan fingerprint density at radius 2 is 2.13 bits per heavy atom. The molecule has 0 unspecified atom stereocenters. The number of nitrogens with zero attached hydrogens (tertiary/aromatic N) is 1. The van der Waals surface area contributed by atoms with Gasteiger partial charge in [0.15, 0.2) is 5.96 Å². The van der Waals surface area contributed by atoms with Crippen LogP contribution < -0.4 is 15.4 Å². The first-order chi connectivity index (χ1) is 11.3. The summed E-state index contributed by atoms with van der Waals surface area (Å²) in [5.74, 6) is 2.80. The maximum absolute atomic E-state index is 5.72. The Morgan fingerprint density at radius 1 is 1.26 bits per heavy atom. The van der Waals surface area contributed by atoms with Gasteiger partial charge in [0, 0.05) is 39.0 Å². The minimum atomic E-state index is 0.629. The molecule has 0 spiro atoms. The van der Waals surface area contributed by atoms with Crippen molar-refractivity contribution >= 4 is 17.7 Å². The van der Waals surface area contributed by atoms with Gasteiger partial charge in [-0.25, -0.2) is 4.99 Å². The lowest BCUT2D eigenvalue weighted by atomic mass is 10.2. The molecule has 0 amide bonds. The third-order valence-corrected chi connectivity index (χ3v) is 3.63. The van der Waals surface area contributed by atoms with Gasteiger partial charge in [-0.05, 0) is 30.9 Å². The standard InChI is InChI=1S/C17H29N3O2S/c1-4-18-17(19-9-12-23-3)20-14-15-7-5-8-16(13-15)22-11-6-10-21-2/h5,7-8,13H,4,6,9-12,14H2,1-3H3,(H2,18,19,20). The van der Waals surface area contributed by atoms with E-state index in [4.69, 9.17) is 9.47 Å². The number of rotatable bonds is 11. The average molecular weight is 340 g/mol. The van der Waals surface area contributed by atoms with Crippen molar-refractivity contribution in [2.75, 3.05) is 45.4 Å². The largest absolute Gasteiger partial charge is 0.493 e. The number of methoxy groups -OCH3 is 1. The minimum Gasteiger partial charge on any atom is -0.493 e. The van der Waals surface area contributed by atoms with Gasteiger partial charge < -0.3 is 20.1 Å². The SMILES string of the molecule is CCNC(=NCc1cccc(OCCCOC)c1)NCCSC. The Labute approximate surface area is 144 Å². The molecule has 2 N–H and O–H groups in total. The number of nitrogens with one attached hydrogen (secondary N) is 2. The molecule has 1 aromatic rings. The molecule has 130 valence electrons. The van der Waals surface area contributed by atoms with Gasteiger partial charge in [-0.15, -0.1) is 0 Å². The molecule has 0 saturated carbocycles. The number of benzene rings is 1. The van der Waals surface area contributed by atoms with Gasteiger partial charge in [0.25, 0.3) is 0 Å². The number of aliphatic imine (C=N–C) groups is 1. The van der Waals surface area contributed by atoms with Crippen molar-refractivity contribution in [1.29, 1.82) is 0 Å². The summed E-state index contributed by atoms with van der Waals surface area (Å²) in [7, 11) is 1.70. The molecular formula is C17H29N3O2S. The van der Waals surface area contributed by atoms with Gasteiger partial charge in [0.05, 0.1) is 13.2 Å². The van der Waals surface area contributed by atoms with Crippen molar-refractivity contribution in [3.05, 3.63) is 29.8 Å². The molecule has 1 aromatic carbocycles. The van der Waals surface area contributed by atoms with Gasteiger partial charge in [-0.1, -0.05) is 12.1 Å². The molecule has 0 fully saturated rings. The molecule has 0 bridgehead atoms. The number of hydrogen-bond acceptors (Lipinski definition) is 4. The fourth-order valence-corrected chi connectivity index (χ4v) is 2.22. The van der Waals surface area contributed by atoms with Crippen molar-refractivity contribution in [2.45, 2.75) is 19.9 Å². The Kier molecular flexibility index (Phi) is 11.2. The Balaban J connectivity index is 2.51. The van der Waals surface area contributed by atoms with Crippen LogP contribution in [0.25, 0.3) is 0 Å². The topological polar surface area (TPSA) is 54.9 Å². The zero-order valence-electron chi connectivity index (χ0n) is 14.4. The molecule has 0 radical (unpaired) electrons. The van der Waals surface area contributed by atoms with Crippen LogP contribution in [0.3, 0.4) is 0 Å². The van der Waals surface area contributed by atoms with Gasteiger partial charge in [-0.3, -0.25) is 0 Å². The predicted octanol–water partition coefficient (Wildman–Crippen LogP) is 2.52. The molecule has 1 rings (SSSR count). The van der Waals surface area contributed by atoms with Gasteiger partial charge >= 0.3 is 0 Å². The summed E-state index contributed by atoms with van der Waals surface area (Å²) in [6, 6.07) is 8.09. The number of hydrogen-bond donors (Lipinski definition) is 2. The van der Waals surface area contributed by atoms with E-state index in [9.17, 15) is 0 Å². The molecule has 0 aliphatic heterocycles. The molecule has 5 nitrogen and oxygen atoms in total. The van der Waals surface area contributed by atoms with E-state index in [-0.39, 0.29) is 0 Å². The fraction of sp³-hybridized carbons (Fsp3) is 0.588. The minimum absolute atomic E-state index is 0.629. The zero-order chi connectivity index (χ0) is 16.8. The summed E-state index contributed by atoms with van der Waals surface area (Å²) in [6.07, 6.45) is 2.99. The molecule has 0 aliphatic rings. The highest BCUT2D eigenvalue weighted by Crippen LogP contribution is 2.14. The summed E-state index contributed by atoms with van der Waals surface area (Å²) in [6.45, 7) is 5.85. The molecule has 6 heteroatoms. The first kappa shape index (κ1) is 19.6. The van der Waals surface area contributed by atoms with Crippen molar-refractivity contribution in [1.82, 2.24) is 10.6 Å². The van der Waals surface area contributed by atoms with Crippen LogP contribution in [0.15, 0.2) is 29.3 Å². The second-order valence-electron chi connectivity index (χ2n) is 4.96. The van der Waals surface area contributed by atoms with E-state index in [1.54, 1.807) is 7.11 Å². The molecule has 0 saturated heterocycles. The van der Waals surface area contributed by atoms with Crippen molar-refractivity contribution in [2.24, 2.45) is 4.99 Å². The summed E-state index contributed by atoms with van der Waals surface area (Å²) >= 11 is 1.82. The van der Waals surface area contributed by atoms with E-state index in [2.05, 4.69) is 34.9 Å². The Bertz CT molecular complexity index is 455. The summed E-state index contributed by atoms with van der Waals surface area (Å²) in [4.78, 5) is 4.62. The maximum atomic E-state index is 5.72. The lowest BCUT2D eigenvalue weighted by molar-refractivity contribution is 0.172. The van der Waals surface area contributed by atoms with Gasteiger partial charge in [0.2, 0.25) is 0 Å². The fourth-order valence-electron chi connectivity index (χ4n) is 1.91. The van der Waals surface area contributed by atoms with Crippen molar-refractivity contribution < 1.29 is 9.47 Å². The maximum Gasteiger partial charge on any atom is 0.191 e. The van der Waals surface area contributed by atoms with Crippen LogP contribution in [-0.4, -0.2) is 51.4 Å². The van der Waals surface area contributed by atoms with E-state index < -0.39 is 0 Å². The quantitative estimate of drug-likeness (QED) is 0.369. The van der Waals surface area contributed by atoms with Crippen LogP contribution in [0.5, 0.6) is 5.75 Å². The summed E-state index contributed by atoms with van der Waals surface area (Å²) in [5, 5.41) is 6.59. The van der Waals surface area contributed by atoms with Crippen LogP contribution in [0.4, 0.5) is 0 Å². The molecule has 0 atom stereocenters. The second-order valence-corrected chi connectivity index (χ2v) is 5.94.